The Balaban J connectivity index is 1.52. The van der Waals surface area contributed by atoms with E-state index in [2.05, 4.69) is 22.0 Å². The average Bonchev–Trinajstić information content (AvgIpc) is 3.67. The third-order valence-electron chi connectivity index (χ3n) is 7.19. The number of anilines is 1. The number of hydrogen-bond donors (Lipinski definition) is 1. The third kappa shape index (κ3) is 5.65. The number of nitrogens with one attached hydrogen (secondary N) is 1. The van der Waals surface area contributed by atoms with Crippen molar-refractivity contribution < 1.29 is 9.18 Å². The fourth-order valence-corrected chi connectivity index (χ4v) is 5.23. The Morgan fingerprint density at radius 3 is 2.65 bits per heavy atom. The molecule has 5 rings (SSSR count). The Morgan fingerprint density at radius 2 is 1.97 bits per heavy atom. The molecule has 2 aliphatic rings. The predicted molar refractivity (Wildman–Crippen MR) is 146 cm³/mol. The summed E-state index contributed by atoms with van der Waals surface area (Å²) in [6, 6.07) is 10.3. The van der Waals surface area contributed by atoms with Crippen molar-refractivity contribution in [2.75, 3.05) is 31.1 Å². The number of aromatic nitrogens is 2. The van der Waals surface area contributed by atoms with E-state index in [0.29, 0.717) is 22.5 Å². The van der Waals surface area contributed by atoms with Crippen LogP contribution in [-0.4, -0.2) is 58.6 Å². The molecule has 1 saturated heterocycles. The van der Waals surface area contributed by atoms with Gasteiger partial charge in [-0.3, -0.25) is 19.1 Å². The zero-order valence-corrected chi connectivity index (χ0v) is 22.3. The molecule has 0 spiro atoms. The lowest BCUT2D eigenvalue weighted by Gasteiger charge is -2.41. The largest absolute Gasteiger partial charge is 0.369 e. The molecule has 1 atom stereocenters. The molecule has 2 fully saturated rings. The van der Waals surface area contributed by atoms with Gasteiger partial charge >= 0.3 is 0 Å². The molecule has 2 aromatic carbocycles. The molecule has 1 aromatic heterocycles. The van der Waals surface area contributed by atoms with Gasteiger partial charge in [-0.2, -0.15) is 0 Å². The van der Waals surface area contributed by atoms with Crippen LogP contribution in [0.25, 0.3) is 22.3 Å². The summed E-state index contributed by atoms with van der Waals surface area (Å²) in [5.74, 6) is 0.267. The van der Waals surface area contributed by atoms with Gasteiger partial charge in [-0.1, -0.05) is 11.6 Å². The first-order valence-electron chi connectivity index (χ1n) is 13.0. The van der Waals surface area contributed by atoms with Crippen LogP contribution in [0.15, 0.2) is 41.2 Å². The second-order valence-corrected chi connectivity index (χ2v) is 11.0. The first-order chi connectivity index (χ1) is 17.7. The maximum absolute atomic E-state index is 13.8. The first kappa shape index (κ1) is 25.7. The Kier molecular flexibility index (Phi) is 7.23. The number of nitrogens with zero attached hydrogens (tertiary/aromatic N) is 4. The molecule has 1 amide bonds. The minimum Gasteiger partial charge on any atom is -0.369 e. The summed E-state index contributed by atoms with van der Waals surface area (Å²) in [6.45, 7) is 9.74. The summed E-state index contributed by atoms with van der Waals surface area (Å²) in [7, 11) is 0. The summed E-state index contributed by atoms with van der Waals surface area (Å²) in [5.41, 5.74) is 1.64. The van der Waals surface area contributed by atoms with Crippen LogP contribution in [-0.2, 0) is 11.3 Å². The van der Waals surface area contributed by atoms with Crippen molar-refractivity contribution in [3.05, 3.63) is 57.6 Å². The molecule has 37 heavy (non-hydrogen) atoms. The molecule has 1 N–H and O–H groups in total. The van der Waals surface area contributed by atoms with E-state index in [9.17, 15) is 14.0 Å². The van der Waals surface area contributed by atoms with Gasteiger partial charge in [0.2, 0.25) is 5.91 Å². The third-order valence-corrected chi connectivity index (χ3v) is 7.48. The van der Waals surface area contributed by atoms with Crippen molar-refractivity contribution in [2.45, 2.75) is 52.2 Å². The van der Waals surface area contributed by atoms with Crippen LogP contribution in [0.3, 0.4) is 0 Å². The van der Waals surface area contributed by atoms with E-state index < -0.39 is 5.82 Å². The number of benzene rings is 2. The molecular weight excluding hydrogens is 493 g/mol. The molecule has 1 saturated carbocycles. The van der Waals surface area contributed by atoms with Crippen LogP contribution in [0.5, 0.6) is 0 Å². The number of piperazine rings is 1. The van der Waals surface area contributed by atoms with Crippen LogP contribution in [0.2, 0.25) is 5.02 Å². The Hall–Kier alpha value is -2.97. The van der Waals surface area contributed by atoms with Gasteiger partial charge in [0.1, 0.15) is 18.2 Å². The minimum atomic E-state index is -0.561. The Labute approximate surface area is 221 Å². The number of carbonyl (C=O) groups excluding carboxylic acids is 1. The second-order valence-electron chi connectivity index (χ2n) is 10.6. The standard InChI is InChI=1S/C28H33ClFN5O2/c1-17(2)31-26(36)16-35-27(20-6-8-24(30)23(29)12-20)32-25-9-7-21(13-22(25)28(35)37)34-11-10-33(18(3)14-34)15-19-4-5-19/h6-9,12-13,17-19H,4-5,10-11,14-16H2,1-3H3,(H,31,36). The average molecular weight is 526 g/mol. The van der Waals surface area contributed by atoms with Gasteiger partial charge in [-0.25, -0.2) is 9.37 Å². The van der Waals surface area contributed by atoms with Crippen LogP contribution in [0.1, 0.15) is 33.6 Å². The molecule has 0 radical (unpaired) electrons. The summed E-state index contributed by atoms with van der Waals surface area (Å²) >= 11 is 6.03. The highest BCUT2D eigenvalue weighted by Crippen LogP contribution is 2.32. The molecule has 9 heteroatoms. The summed E-state index contributed by atoms with van der Waals surface area (Å²) < 4.78 is 15.2. The fourth-order valence-electron chi connectivity index (χ4n) is 5.05. The van der Waals surface area contributed by atoms with Crippen molar-refractivity contribution in [2.24, 2.45) is 5.92 Å². The molecule has 196 valence electrons. The van der Waals surface area contributed by atoms with Gasteiger partial charge in [0.15, 0.2) is 0 Å². The summed E-state index contributed by atoms with van der Waals surface area (Å²) in [6.07, 6.45) is 2.69. The van der Waals surface area contributed by atoms with Gasteiger partial charge in [-0.15, -0.1) is 0 Å². The lowest BCUT2D eigenvalue weighted by atomic mass is 10.1. The Morgan fingerprint density at radius 1 is 1.19 bits per heavy atom. The normalized spacial score (nSPS) is 18.5. The number of fused-ring (bicyclic) bond motifs is 1. The smallest absolute Gasteiger partial charge is 0.262 e. The number of rotatable bonds is 7. The zero-order chi connectivity index (χ0) is 26.3. The Bertz CT molecular complexity index is 1390. The molecule has 2 heterocycles. The van der Waals surface area contributed by atoms with E-state index in [-0.39, 0.29) is 34.9 Å². The van der Waals surface area contributed by atoms with E-state index in [1.807, 2.05) is 32.0 Å². The molecule has 0 bridgehead atoms. The quantitative estimate of drug-likeness (QED) is 0.498. The van der Waals surface area contributed by atoms with E-state index in [0.717, 1.165) is 31.2 Å². The monoisotopic (exact) mass is 525 g/mol. The first-order valence-corrected chi connectivity index (χ1v) is 13.4. The predicted octanol–water partition coefficient (Wildman–Crippen LogP) is 4.30. The minimum absolute atomic E-state index is 0.0738. The van der Waals surface area contributed by atoms with Gasteiger partial charge in [0.25, 0.3) is 5.56 Å². The van der Waals surface area contributed by atoms with E-state index in [4.69, 9.17) is 16.6 Å². The number of amides is 1. The van der Waals surface area contributed by atoms with Crippen molar-refractivity contribution in [1.82, 2.24) is 19.8 Å². The van der Waals surface area contributed by atoms with Crippen molar-refractivity contribution in [1.29, 1.82) is 0 Å². The van der Waals surface area contributed by atoms with Crippen LogP contribution in [0.4, 0.5) is 10.1 Å². The lowest BCUT2D eigenvalue weighted by molar-refractivity contribution is -0.122. The second kappa shape index (κ2) is 10.4. The van der Waals surface area contributed by atoms with E-state index in [1.165, 1.54) is 42.2 Å². The van der Waals surface area contributed by atoms with E-state index in [1.54, 1.807) is 0 Å². The molecule has 3 aromatic rings. The van der Waals surface area contributed by atoms with E-state index >= 15 is 0 Å². The summed E-state index contributed by atoms with van der Waals surface area (Å²) in [4.78, 5) is 36.1. The maximum Gasteiger partial charge on any atom is 0.262 e. The number of hydrogen-bond acceptors (Lipinski definition) is 5. The van der Waals surface area contributed by atoms with Crippen molar-refractivity contribution in [3.8, 4) is 11.4 Å². The van der Waals surface area contributed by atoms with Crippen molar-refractivity contribution in [3.63, 3.8) is 0 Å². The van der Waals surface area contributed by atoms with Gasteiger partial charge in [-0.05, 0) is 75.9 Å². The van der Waals surface area contributed by atoms with Crippen molar-refractivity contribution >= 4 is 34.1 Å². The highest BCUT2D eigenvalue weighted by molar-refractivity contribution is 6.31. The van der Waals surface area contributed by atoms with Crippen LogP contribution in [0, 0.1) is 11.7 Å². The summed E-state index contributed by atoms with van der Waals surface area (Å²) in [5, 5.41) is 3.20. The zero-order valence-electron chi connectivity index (χ0n) is 21.5. The lowest BCUT2D eigenvalue weighted by Crippen LogP contribution is -2.52. The maximum atomic E-state index is 13.8. The van der Waals surface area contributed by atoms with Gasteiger partial charge in [0, 0.05) is 49.5 Å². The van der Waals surface area contributed by atoms with Crippen LogP contribution < -0.4 is 15.8 Å². The van der Waals surface area contributed by atoms with Gasteiger partial charge in [0.05, 0.1) is 15.9 Å². The molecule has 1 aliphatic heterocycles. The molecule has 7 nitrogen and oxygen atoms in total. The van der Waals surface area contributed by atoms with Gasteiger partial charge < -0.3 is 10.2 Å². The SMILES string of the molecule is CC(C)NC(=O)Cn1c(-c2ccc(F)c(Cl)c2)nc2ccc(N3CCN(CC4CC4)C(C)C3)cc2c1=O. The number of carbonyl (C=O) groups is 1. The highest BCUT2D eigenvalue weighted by Gasteiger charge is 2.30. The molecule has 1 aliphatic carbocycles. The fraction of sp³-hybridized carbons (Fsp3) is 0.464. The number of halogens is 2. The highest BCUT2D eigenvalue weighted by atomic mass is 35.5. The topological polar surface area (TPSA) is 70.5 Å². The molecular formula is C28H33ClFN5O2. The molecule has 1 unspecified atom stereocenters. The van der Waals surface area contributed by atoms with Crippen LogP contribution >= 0.6 is 11.6 Å².